The highest BCUT2D eigenvalue weighted by Gasteiger charge is 2.40. The lowest BCUT2D eigenvalue weighted by atomic mass is 10.1. The summed E-state index contributed by atoms with van der Waals surface area (Å²) in [5, 5.41) is 5.55. The Kier molecular flexibility index (Phi) is 6.11. The van der Waals surface area contributed by atoms with Crippen molar-refractivity contribution in [2.45, 2.75) is 13.8 Å². The first kappa shape index (κ1) is 21.2. The van der Waals surface area contributed by atoms with Gasteiger partial charge in [-0.1, -0.05) is 23.7 Å². The number of thiophene rings is 1. The van der Waals surface area contributed by atoms with Crippen LogP contribution in [0.15, 0.2) is 71.7 Å². The van der Waals surface area contributed by atoms with Gasteiger partial charge in [0, 0.05) is 34.4 Å². The summed E-state index contributed by atoms with van der Waals surface area (Å²) in [5.41, 5.74) is 2.94. The van der Waals surface area contributed by atoms with E-state index in [0.717, 1.165) is 29.3 Å². The van der Waals surface area contributed by atoms with E-state index < -0.39 is 5.91 Å². The van der Waals surface area contributed by atoms with Crippen LogP contribution in [0.3, 0.4) is 0 Å². The number of anilines is 3. The zero-order valence-electron chi connectivity index (χ0n) is 17.3. The molecule has 2 amide bonds. The molecule has 0 saturated carbocycles. The molecule has 0 atom stereocenters. The van der Waals surface area contributed by atoms with Gasteiger partial charge in [-0.2, -0.15) is 0 Å². The van der Waals surface area contributed by atoms with E-state index in [0.29, 0.717) is 16.3 Å². The fourth-order valence-corrected chi connectivity index (χ4v) is 4.59. The Labute approximate surface area is 190 Å². The van der Waals surface area contributed by atoms with Crippen LogP contribution in [-0.2, 0) is 9.59 Å². The van der Waals surface area contributed by atoms with E-state index in [1.807, 2.05) is 41.8 Å². The molecule has 0 unspecified atom stereocenters. The van der Waals surface area contributed by atoms with Crippen LogP contribution in [0.1, 0.15) is 18.7 Å². The number of halogens is 1. The van der Waals surface area contributed by atoms with E-state index in [-0.39, 0.29) is 11.6 Å². The third-order valence-electron chi connectivity index (χ3n) is 5.18. The zero-order valence-corrected chi connectivity index (χ0v) is 18.8. The van der Waals surface area contributed by atoms with Gasteiger partial charge in [-0.05, 0) is 67.8 Å². The van der Waals surface area contributed by atoms with Gasteiger partial charge in [0.15, 0.2) is 0 Å². The molecule has 0 saturated heterocycles. The van der Waals surface area contributed by atoms with Crippen molar-refractivity contribution in [2.75, 3.05) is 28.2 Å². The number of imide groups is 1. The van der Waals surface area contributed by atoms with Crippen molar-refractivity contribution < 1.29 is 9.59 Å². The minimum atomic E-state index is -0.400. The van der Waals surface area contributed by atoms with E-state index in [4.69, 9.17) is 11.6 Å². The third kappa shape index (κ3) is 4.09. The van der Waals surface area contributed by atoms with Crippen LogP contribution in [0.5, 0.6) is 0 Å². The maximum atomic E-state index is 13.3. The van der Waals surface area contributed by atoms with Crippen molar-refractivity contribution >= 4 is 57.4 Å². The molecule has 158 valence electrons. The summed E-state index contributed by atoms with van der Waals surface area (Å²) in [6, 6.07) is 18.3. The van der Waals surface area contributed by atoms with Crippen molar-refractivity contribution in [1.29, 1.82) is 0 Å². The molecule has 7 heteroatoms. The van der Waals surface area contributed by atoms with Crippen LogP contribution in [0.4, 0.5) is 17.1 Å². The number of nitrogens with one attached hydrogen (secondary N) is 1. The van der Waals surface area contributed by atoms with Crippen LogP contribution in [0.2, 0.25) is 5.02 Å². The number of hydrogen-bond donors (Lipinski definition) is 1. The molecule has 0 aliphatic carbocycles. The maximum Gasteiger partial charge on any atom is 0.282 e. The van der Waals surface area contributed by atoms with Gasteiger partial charge in [0.25, 0.3) is 11.8 Å². The highest BCUT2D eigenvalue weighted by molar-refractivity contribution is 7.11. The second-order valence-corrected chi connectivity index (χ2v) is 8.38. The molecule has 31 heavy (non-hydrogen) atoms. The van der Waals surface area contributed by atoms with Gasteiger partial charge in [0.05, 0.1) is 11.3 Å². The van der Waals surface area contributed by atoms with Gasteiger partial charge in [0.2, 0.25) is 0 Å². The summed E-state index contributed by atoms with van der Waals surface area (Å²) in [6.07, 6.45) is 0. The Morgan fingerprint density at radius 3 is 2.32 bits per heavy atom. The summed E-state index contributed by atoms with van der Waals surface area (Å²) in [5.74, 6) is -0.763. The van der Waals surface area contributed by atoms with E-state index in [9.17, 15) is 9.59 Å². The van der Waals surface area contributed by atoms with Crippen molar-refractivity contribution in [3.63, 3.8) is 0 Å². The smallest absolute Gasteiger partial charge is 0.282 e. The molecule has 0 radical (unpaired) electrons. The van der Waals surface area contributed by atoms with Crippen LogP contribution < -0.4 is 15.1 Å². The Morgan fingerprint density at radius 1 is 0.968 bits per heavy atom. The molecule has 4 rings (SSSR count). The Morgan fingerprint density at radius 2 is 1.71 bits per heavy atom. The molecule has 1 aliphatic heterocycles. The van der Waals surface area contributed by atoms with Crippen molar-refractivity contribution in [3.05, 3.63) is 81.6 Å². The fourth-order valence-electron chi connectivity index (χ4n) is 3.63. The topological polar surface area (TPSA) is 52.7 Å². The predicted octanol–water partition coefficient (Wildman–Crippen LogP) is 5.64. The first-order valence-corrected chi connectivity index (χ1v) is 11.3. The number of hydrogen-bond acceptors (Lipinski definition) is 5. The van der Waals surface area contributed by atoms with Crippen molar-refractivity contribution in [1.82, 2.24) is 0 Å². The second kappa shape index (κ2) is 8.96. The minimum Gasteiger partial charge on any atom is -0.372 e. The fraction of sp³-hybridized carbons (Fsp3) is 0.167. The van der Waals surface area contributed by atoms with Gasteiger partial charge in [-0.15, -0.1) is 11.3 Å². The lowest BCUT2D eigenvalue weighted by Gasteiger charge is -2.21. The summed E-state index contributed by atoms with van der Waals surface area (Å²) < 4.78 is 0. The number of carbonyl (C=O) groups is 2. The summed E-state index contributed by atoms with van der Waals surface area (Å²) in [4.78, 5) is 30.8. The van der Waals surface area contributed by atoms with E-state index in [1.54, 1.807) is 24.3 Å². The van der Waals surface area contributed by atoms with Crippen molar-refractivity contribution in [2.24, 2.45) is 0 Å². The molecule has 0 bridgehead atoms. The second-order valence-electron chi connectivity index (χ2n) is 7.00. The van der Waals surface area contributed by atoms with Crippen LogP contribution in [-0.4, -0.2) is 24.9 Å². The van der Waals surface area contributed by atoms with Crippen molar-refractivity contribution in [3.8, 4) is 0 Å². The van der Waals surface area contributed by atoms with E-state index in [1.165, 1.54) is 16.2 Å². The molecule has 2 aromatic carbocycles. The van der Waals surface area contributed by atoms with Crippen LogP contribution in [0, 0.1) is 0 Å². The monoisotopic (exact) mass is 451 g/mol. The molecule has 1 aliphatic rings. The first-order chi connectivity index (χ1) is 15.0. The van der Waals surface area contributed by atoms with Gasteiger partial charge in [-0.25, -0.2) is 4.90 Å². The summed E-state index contributed by atoms with van der Waals surface area (Å²) >= 11 is 7.53. The average molecular weight is 452 g/mol. The van der Waals surface area contributed by atoms with Crippen LogP contribution >= 0.6 is 22.9 Å². The maximum absolute atomic E-state index is 13.3. The molecule has 0 fully saturated rings. The quantitative estimate of drug-likeness (QED) is 0.472. The standard InChI is InChI=1S/C24H22ClN3O2S/c1-3-27(4-2)18-12-10-17(11-13-18)26-22-21(20-9-6-14-31-20)23(29)28(24(22)30)19-8-5-7-16(25)15-19/h5-15,26H,3-4H2,1-2H3. The number of benzene rings is 2. The minimum absolute atomic E-state index is 0.267. The Bertz CT molecular complexity index is 1140. The van der Waals surface area contributed by atoms with Gasteiger partial charge in [0.1, 0.15) is 5.70 Å². The average Bonchev–Trinajstić information content (AvgIpc) is 3.37. The van der Waals surface area contributed by atoms with Gasteiger partial charge in [-0.3, -0.25) is 9.59 Å². The highest BCUT2D eigenvalue weighted by atomic mass is 35.5. The number of amides is 2. The Hall–Kier alpha value is -3.09. The third-order valence-corrected chi connectivity index (χ3v) is 6.31. The summed E-state index contributed by atoms with van der Waals surface area (Å²) in [6.45, 7) is 6.05. The largest absolute Gasteiger partial charge is 0.372 e. The molecule has 1 aromatic heterocycles. The molecule has 0 spiro atoms. The molecule has 5 nitrogen and oxygen atoms in total. The van der Waals surface area contributed by atoms with Crippen LogP contribution in [0.25, 0.3) is 5.57 Å². The van der Waals surface area contributed by atoms with E-state index in [2.05, 4.69) is 24.1 Å². The zero-order chi connectivity index (χ0) is 22.0. The number of nitrogens with zero attached hydrogens (tertiary/aromatic N) is 2. The lowest BCUT2D eigenvalue weighted by molar-refractivity contribution is -0.120. The number of rotatable bonds is 7. The lowest BCUT2D eigenvalue weighted by Crippen LogP contribution is -2.32. The molecular formula is C24H22ClN3O2S. The van der Waals surface area contributed by atoms with Gasteiger partial charge < -0.3 is 10.2 Å². The SMILES string of the molecule is CCN(CC)c1ccc(NC2=C(c3cccs3)C(=O)N(c3cccc(Cl)c3)C2=O)cc1. The summed E-state index contributed by atoms with van der Waals surface area (Å²) in [7, 11) is 0. The van der Waals surface area contributed by atoms with Gasteiger partial charge >= 0.3 is 0 Å². The normalized spacial score (nSPS) is 13.8. The Balaban J connectivity index is 1.71. The predicted molar refractivity (Wildman–Crippen MR) is 129 cm³/mol. The first-order valence-electron chi connectivity index (χ1n) is 10.1. The molecular weight excluding hydrogens is 430 g/mol. The molecule has 2 heterocycles. The molecule has 3 aromatic rings. The van der Waals surface area contributed by atoms with E-state index >= 15 is 0 Å². The number of carbonyl (C=O) groups excluding carboxylic acids is 2. The highest BCUT2D eigenvalue weighted by Crippen LogP contribution is 2.36. The molecule has 1 N–H and O–H groups in total.